The third-order valence-electron chi connectivity index (χ3n) is 3.53. The number of hydrogen-bond donors (Lipinski definition) is 3. The Morgan fingerprint density at radius 1 is 1.04 bits per heavy atom. The van der Waals surface area contributed by atoms with Crippen LogP contribution in [-0.4, -0.2) is 43.3 Å². The van der Waals surface area contributed by atoms with Crippen molar-refractivity contribution in [1.29, 1.82) is 0 Å². The number of benzene rings is 2. The first kappa shape index (κ1) is 17.6. The Balaban J connectivity index is 1.90. The van der Waals surface area contributed by atoms with Crippen LogP contribution in [0.15, 0.2) is 48.5 Å². The lowest BCUT2D eigenvalue weighted by atomic mass is 10.1. The van der Waals surface area contributed by atoms with E-state index in [2.05, 4.69) is 19.4 Å². The zero-order chi connectivity index (χ0) is 18.7. The van der Waals surface area contributed by atoms with E-state index in [1.807, 2.05) is 30.3 Å². The SMILES string of the molecule is CN(C)C(=O)c1cccc(Nc2n[s+]([O-])nc2Nc2ccccc2)c1O. The van der Waals surface area contributed by atoms with Gasteiger partial charge in [0.15, 0.2) is 16.9 Å². The Morgan fingerprint density at radius 2 is 1.69 bits per heavy atom. The van der Waals surface area contributed by atoms with Crippen LogP contribution < -0.4 is 10.6 Å². The van der Waals surface area contributed by atoms with Gasteiger partial charge in [-0.2, -0.15) is 0 Å². The Labute approximate surface area is 153 Å². The smallest absolute Gasteiger partial charge is 0.257 e. The molecular formula is C17H17N5O3S. The number of aromatic hydroxyl groups is 1. The van der Waals surface area contributed by atoms with E-state index in [0.29, 0.717) is 0 Å². The summed E-state index contributed by atoms with van der Waals surface area (Å²) < 4.78 is 19.6. The van der Waals surface area contributed by atoms with Crippen LogP contribution in [0.2, 0.25) is 0 Å². The number of nitrogens with one attached hydrogen (secondary N) is 2. The summed E-state index contributed by atoms with van der Waals surface area (Å²) in [6.45, 7) is 0. The number of hydrogen-bond acceptors (Lipinski definition) is 7. The molecule has 0 spiro atoms. The normalized spacial score (nSPS) is 11.1. The first-order valence-electron chi connectivity index (χ1n) is 7.68. The lowest BCUT2D eigenvalue weighted by Gasteiger charge is -2.14. The molecule has 3 aromatic rings. The molecule has 1 atom stereocenters. The van der Waals surface area contributed by atoms with E-state index in [-0.39, 0.29) is 34.5 Å². The Hall–Kier alpha value is -3.17. The fraction of sp³-hybridized carbons (Fsp3) is 0.118. The first-order chi connectivity index (χ1) is 12.5. The highest BCUT2D eigenvalue weighted by molar-refractivity contribution is 7.14. The van der Waals surface area contributed by atoms with Gasteiger partial charge in [0.1, 0.15) is 0 Å². The third kappa shape index (κ3) is 3.73. The van der Waals surface area contributed by atoms with Crippen LogP contribution in [0.25, 0.3) is 0 Å². The van der Waals surface area contributed by atoms with Gasteiger partial charge in [-0.05, 0) is 24.3 Å². The van der Waals surface area contributed by atoms with Crippen LogP contribution in [0.3, 0.4) is 0 Å². The third-order valence-corrected chi connectivity index (χ3v) is 4.20. The molecule has 134 valence electrons. The summed E-state index contributed by atoms with van der Waals surface area (Å²) in [6.07, 6.45) is 0. The van der Waals surface area contributed by atoms with Crippen LogP contribution in [0.5, 0.6) is 5.75 Å². The molecule has 0 bridgehead atoms. The molecule has 1 heterocycles. The zero-order valence-corrected chi connectivity index (χ0v) is 14.9. The van der Waals surface area contributed by atoms with Crippen LogP contribution in [0.4, 0.5) is 23.0 Å². The van der Waals surface area contributed by atoms with Gasteiger partial charge in [0.05, 0.1) is 11.3 Å². The van der Waals surface area contributed by atoms with Gasteiger partial charge >= 0.3 is 0 Å². The molecule has 0 saturated heterocycles. The first-order valence-corrected chi connectivity index (χ1v) is 8.74. The Bertz CT molecular complexity index is 927. The zero-order valence-electron chi connectivity index (χ0n) is 14.1. The number of para-hydroxylation sites is 2. The molecule has 1 aromatic heterocycles. The number of rotatable bonds is 5. The number of phenolic OH excluding ortho intramolecular Hbond substituents is 1. The molecule has 0 aliphatic heterocycles. The van der Waals surface area contributed by atoms with E-state index in [1.165, 1.54) is 11.0 Å². The van der Waals surface area contributed by atoms with Gasteiger partial charge < -0.3 is 25.2 Å². The van der Waals surface area contributed by atoms with Crippen molar-refractivity contribution in [1.82, 2.24) is 13.6 Å². The highest BCUT2D eigenvalue weighted by atomic mass is 32.2. The highest BCUT2D eigenvalue weighted by Gasteiger charge is 2.20. The van der Waals surface area contributed by atoms with Crippen molar-refractivity contribution in [2.24, 2.45) is 0 Å². The van der Waals surface area contributed by atoms with Gasteiger partial charge in [-0.3, -0.25) is 4.79 Å². The van der Waals surface area contributed by atoms with Crippen molar-refractivity contribution < 1.29 is 14.5 Å². The molecule has 8 nitrogen and oxygen atoms in total. The summed E-state index contributed by atoms with van der Waals surface area (Å²) >= 11 is -1.76. The molecule has 1 amide bonds. The summed E-state index contributed by atoms with van der Waals surface area (Å²) in [5, 5.41) is 16.3. The number of amides is 1. The topological polar surface area (TPSA) is 113 Å². The molecule has 3 N–H and O–H groups in total. The van der Waals surface area contributed by atoms with Crippen molar-refractivity contribution in [3.05, 3.63) is 54.1 Å². The average Bonchev–Trinajstić information content (AvgIpc) is 2.96. The van der Waals surface area contributed by atoms with Crippen molar-refractivity contribution in [2.75, 3.05) is 24.7 Å². The van der Waals surface area contributed by atoms with Crippen LogP contribution in [0.1, 0.15) is 10.4 Å². The largest absolute Gasteiger partial charge is 0.546 e. The van der Waals surface area contributed by atoms with E-state index in [9.17, 15) is 14.5 Å². The number of carbonyl (C=O) groups excluding carboxylic acids is 1. The second kappa shape index (κ2) is 7.38. The van der Waals surface area contributed by atoms with Crippen molar-refractivity contribution in [3.63, 3.8) is 0 Å². The number of carbonyl (C=O) groups is 1. The fourth-order valence-electron chi connectivity index (χ4n) is 2.27. The molecule has 26 heavy (non-hydrogen) atoms. The average molecular weight is 371 g/mol. The van der Waals surface area contributed by atoms with E-state index in [0.717, 1.165) is 5.69 Å². The second-order valence-corrected chi connectivity index (χ2v) is 6.45. The minimum atomic E-state index is -1.76. The van der Waals surface area contributed by atoms with Crippen molar-refractivity contribution >= 4 is 40.1 Å². The maximum Gasteiger partial charge on any atom is 0.257 e. The molecular weight excluding hydrogens is 354 g/mol. The number of aromatic nitrogens is 2. The molecule has 0 fully saturated rings. The van der Waals surface area contributed by atoms with E-state index in [4.69, 9.17) is 0 Å². The van der Waals surface area contributed by atoms with E-state index in [1.54, 1.807) is 26.2 Å². The minimum Gasteiger partial charge on any atom is -0.546 e. The van der Waals surface area contributed by atoms with Crippen molar-refractivity contribution in [3.8, 4) is 5.75 Å². The highest BCUT2D eigenvalue weighted by Crippen LogP contribution is 2.34. The molecule has 0 aliphatic rings. The number of phenols is 1. The van der Waals surface area contributed by atoms with Gasteiger partial charge in [-0.25, -0.2) is 0 Å². The van der Waals surface area contributed by atoms with Crippen molar-refractivity contribution in [2.45, 2.75) is 0 Å². The van der Waals surface area contributed by atoms with Gasteiger partial charge in [0.2, 0.25) is 11.6 Å². The van der Waals surface area contributed by atoms with E-state index >= 15 is 0 Å². The number of nitrogens with zero attached hydrogens (tertiary/aromatic N) is 3. The molecule has 2 aromatic carbocycles. The van der Waals surface area contributed by atoms with Gasteiger partial charge in [-0.1, -0.05) is 24.3 Å². The fourth-order valence-corrected chi connectivity index (χ4v) is 2.89. The van der Waals surface area contributed by atoms with E-state index < -0.39 is 11.1 Å². The Kier molecular flexibility index (Phi) is 5.01. The maximum absolute atomic E-state index is 12.1. The monoisotopic (exact) mass is 371 g/mol. The summed E-state index contributed by atoms with van der Waals surface area (Å²) in [4.78, 5) is 13.5. The standard InChI is InChI=1S/C17H17N5O3S/c1-22(2)17(24)12-9-6-10-13(14(12)23)19-16-15(20-26(25)21-16)18-11-7-4-3-5-8-11/h3-10,23H,1-2H3,(H,18,20)(H,19,21). The summed E-state index contributed by atoms with van der Waals surface area (Å²) in [7, 11) is 3.20. The van der Waals surface area contributed by atoms with Crippen LogP contribution >= 0.6 is 11.1 Å². The predicted octanol–water partition coefficient (Wildman–Crippen LogP) is 3.10. The number of anilines is 4. The lowest BCUT2D eigenvalue weighted by Crippen LogP contribution is -2.21. The lowest BCUT2D eigenvalue weighted by molar-refractivity contribution is 0.0824. The quantitative estimate of drug-likeness (QED) is 0.466. The predicted molar refractivity (Wildman–Crippen MR) is 99.8 cm³/mol. The van der Waals surface area contributed by atoms with Gasteiger partial charge in [-0.15, -0.1) is 0 Å². The molecule has 9 heteroatoms. The minimum absolute atomic E-state index is 0.147. The molecule has 1 unspecified atom stereocenters. The van der Waals surface area contributed by atoms with Gasteiger partial charge in [0.25, 0.3) is 5.91 Å². The molecule has 0 saturated carbocycles. The molecule has 0 radical (unpaired) electrons. The molecule has 0 aliphatic carbocycles. The Morgan fingerprint density at radius 3 is 2.35 bits per heavy atom. The van der Waals surface area contributed by atoms with Gasteiger partial charge in [0, 0.05) is 28.5 Å². The molecule has 3 rings (SSSR count). The summed E-state index contributed by atoms with van der Waals surface area (Å²) in [5.74, 6) is -0.0692. The second-order valence-electron chi connectivity index (χ2n) is 5.63. The maximum atomic E-state index is 12.1. The van der Waals surface area contributed by atoms with Crippen LogP contribution in [0, 0.1) is 0 Å². The van der Waals surface area contributed by atoms with Crippen LogP contribution in [-0.2, 0) is 0 Å². The summed E-state index contributed by atoms with van der Waals surface area (Å²) in [6, 6.07) is 14.0. The summed E-state index contributed by atoms with van der Waals surface area (Å²) in [5.41, 5.74) is 1.16.